The minimum atomic E-state index is 0.215. The lowest BCUT2D eigenvalue weighted by molar-refractivity contribution is 0.323. The molecule has 1 aromatic rings. The molecule has 0 radical (unpaired) electrons. The van der Waals surface area contributed by atoms with E-state index in [9.17, 15) is 0 Å². The average molecular weight is 247 g/mol. The van der Waals surface area contributed by atoms with Crippen molar-refractivity contribution in [3.63, 3.8) is 0 Å². The Balaban J connectivity index is 1.52. The Labute approximate surface area is 108 Å². The summed E-state index contributed by atoms with van der Waals surface area (Å²) in [4.78, 5) is 4.64. The summed E-state index contributed by atoms with van der Waals surface area (Å²) in [5.74, 6) is 2.58. The van der Waals surface area contributed by atoms with Gasteiger partial charge >= 0.3 is 0 Å². The molecule has 1 saturated heterocycles. The molecule has 0 spiro atoms. The molecular weight excluding hydrogens is 226 g/mol. The third kappa shape index (κ3) is 1.69. The molecule has 98 valence electrons. The van der Waals surface area contributed by atoms with Gasteiger partial charge in [0.25, 0.3) is 0 Å². The zero-order valence-corrected chi connectivity index (χ0v) is 11.0. The fourth-order valence-electron chi connectivity index (χ4n) is 3.54. The van der Waals surface area contributed by atoms with Gasteiger partial charge < -0.3 is 9.84 Å². The van der Waals surface area contributed by atoms with Gasteiger partial charge in [-0.2, -0.15) is 4.98 Å². The van der Waals surface area contributed by atoms with Crippen molar-refractivity contribution in [2.45, 2.75) is 69.4 Å². The van der Waals surface area contributed by atoms with Gasteiger partial charge in [-0.05, 0) is 38.0 Å². The van der Waals surface area contributed by atoms with Crippen LogP contribution in [0.15, 0.2) is 4.52 Å². The van der Waals surface area contributed by atoms with Gasteiger partial charge in [0.05, 0.1) is 6.04 Å². The highest BCUT2D eigenvalue weighted by molar-refractivity contribution is 5.15. The van der Waals surface area contributed by atoms with Crippen LogP contribution in [0.1, 0.15) is 69.6 Å². The number of fused-ring (bicyclic) bond motifs is 1. The van der Waals surface area contributed by atoms with E-state index in [1.807, 2.05) is 0 Å². The van der Waals surface area contributed by atoms with Gasteiger partial charge in [-0.15, -0.1) is 0 Å². The molecular formula is C14H21N3O. The number of rotatable bonds is 2. The summed E-state index contributed by atoms with van der Waals surface area (Å²) in [5, 5.41) is 7.88. The Morgan fingerprint density at radius 2 is 2.11 bits per heavy atom. The third-order valence-corrected chi connectivity index (χ3v) is 5.14. The van der Waals surface area contributed by atoms with Crippen LogP contribution < -0.4 is 5.32 Å². The van der Waals surface area contributed by atoms with Crippen LogP contribution in [0.5, 0.6) is 0 Å². The molecule has 1 N–H and O–H groups in total. The number of nitrogens with one attached hydrogen (secondary N) is 1. The summed E-state index contributed by atoms with van der Waals surface area (Å²) in [6, 6.07) is 0.998. The molecule has 3 fully saturated rings. The van der Waals surface area contributed by atoms with Gasteiger partial charge in [0.1, 0.15) is 0 Å². The molecule has 1 aliphatic heterocycles. The van der Waals surface area contributed by atoms with Crippen molar-refractivity contribution < 1.29 is 4.52 Å². The second kappa shape index (κ2) is 3.80. The molecule has 1 aromatic heterocycles. The molecule has 0 amide bonds. The molecule has 2 saturated carbocycles. The van der Waals surface area contributed by atoms with Gasteiger partial charge in [0.15, 0.2) is 5.82 Å². The first-order valence-corrected chi connectivity index (χ1v) is 7.35. The minimum absolute atomic E-state index is 0.215. The second-order valence-corrected chi connectivity index (χ2v) is 6.62. The quantitative estimate of drug-likeness (QED) is 0.873. The predicted octanol–water partition coefficient (Wildman–Crippen LogP) is 2.71. The van der Waals surface area contributed by atoms with Crippen LogP contribution >= 0.6 is 0 Å². The molecule has 4 rings (SSSR count). The van der Waals surface area contributed by atoms with E-state index in [-0.39, 0.29) is 5.41 Å². The number of nitrogens with zero attached hydrogens (tertiary/aromatic N) is 2. The van der Waals surface area contributed by atoms with Crippen LogP contribution in [0, 0.1) is 5.92 Å². The topological polar surface area (TPSA) is 51.0 Å². The summed E-state index contributed by atoms with van der Waals surface area (Å²) in [5.41, 5.74) is 0.215. The molecule has 3 aliphatic rings. The Morgan fingerprint density at radius 1 is 1.28 bits per heavy atom. The Morgan fingerprint density at radius 3 is 2.89 bits per heavy atom. The van der Waals surface area contributed by atoms with E-state index in [4.69, 9.17) is 4.52 Å². The van der Waals surface area contributed by atoms with Crippen LogP contribution in [0.4, 0.5) is 0 Å². The summed E-state index contributed by atoms with van der Waals surface area (Å²) in [6.07, 6.45) is 9.04. The third-order valence-electron chi connectivity index (χ3n) is 5.14. The highest BCUT2D eigenvalue weighted by Crippen LogP contribution is 2.46. The van der Waals surface area contributed by atoms with Crippen LogP contribution in [0.3, 0.4) is 0 Å². The van der Waals surface area contributed by atoms with Crippen LogP contribution in [-0.2, 0) is 5.41 Å². The van der Waals surface area contributed by atoms with Crippen LogP contribution in [0.25, 0.3) is 0 Å². The van der Waals surface area contributed by atoms with E-state index in [0.717, 1.165) is 17.6 Å². The number of hydrogen-bond donors (Lipinski definition) is 1. The van der Waals surface area contributed by atoms with Crippen molar-refractivity contribution in [2.24, 2.45) is 5.92 Å². The lowest BCUT2D eigenvalue weighted by Crippen LogP contribution is -2.30. The number of aromatic nitrogens is 2. The highest BCUT2D eigenvalue weighted by atomic mass is 16.5. The SMILES string of the molecule is CC1(c2noc(C3CC4CCCCC4N3)n2)CC1. The van der Waals surface area contributed by atoms with E-state index in [2.05, 4.69) is 22.4 Å². The maximum absolute atomic E-state index is 5.50. The Kier molecular flexibility index (Phi) is 2.31. The normalized spacial score (nSPS) is 37.5. The fourth-order valence-corrected chi connectivity index (χ4v) is 3.54. The van der Waals surface area contributed by atoms with E-state index in [1.54, 1.807) is 0 Å². The lowest BCUT2D eigenvalue weighted by atomic mass is 9.85. The second-order valence-electron chi connectivity index (χ2n) is 6.62. The van der Waals surface area contributed by atoms with Gasteiger partial charge in [0, 0.05) is 11.5 Å². The van der Waals surface area contributed by atoms with Gasteiger partial charge in [-0.3, -0.25) is 0 Å². The zero-order chi connectivity index (χ0) is 12.2. The van der Waals surface area contributed by atoms with Crippen molar-refractivity contribution in [2.75, 3.05) is 0 Å². The van der Waals surface area contributed by atoms with Crippen molar-refractivity contribution in [3.8, 4) is 0 Å². The van der Waals surface area contributed by atoms with E-state index in [1.165, 1.54) is 44.9 Å². The summed E-state index contributed by atoms with van der Waals surface area (Å²) in [6.45, 7) is 2.23. The van der Waals surface area contributed by atoms with Gasteiger partial charge in [-0.1, -0.05) is 24.9 Å². The van der Waals surface area contributed by atoms with Crippen LogP contribution in [0.2, 0.25) is 0 Å². The summed E-state index contributed by atoms with van der Waals surface area (Å²) >= 11 is 0. The minimum Gasteiger partial charge on any atom is -0.338 e. The first-order valence-electron chi connectivity index (χ1n) is 7.35. The maximum atomic E-state index is 5.50. The van der Waals surface area contributed by atoms with Gasteiger partial charge in [-0.25, -0.2) is 0 Å². The van der Waals surface area contributed by atoms with E-state index < -0.39 is 0 Å². The first kappa shape index (κ1) is 11.0. The molecule has 4 nitrogen and oxygen atoms in total. The van der Waals surface area contributed by atoms with Crippen molar-refractivity contribution in [3.05, 3.63) is 11.7 Å². The molecule has 4 heteroatoms. The highest BCUT2D eigenvalue weighted by Gasteiger charge is 2.45. The molecule has 2 heterocycles. The van der Waals surface area contributed by atoms with Crippen LogP contribution in [-0.4, -0.2) is 16.2 Å². The molecule has 3 atom stereocenters. The van der Waals surface area contributed by atoms with Crippen molar-refractivity contribution in [1.82, 2.24) is 15.5 Å². The van der Waals surface area contributed by atoms with E-state index >= 15 is 0 Å². The molecule has 0 bridgehead atoms. The average Bonchev–Trinajstić information content (AvgIpc) is 2.88. The predicted molar refractivity (Wildman–Crippen MR) is 67.1 cm³/mol. The smallest absolute Gasteiger partial charge is 0.243 e. The van der Waals surface area contributed by atoms with Crippen molar-refractivity contribution >= 4 is 0 Å². The Bertz CT molecular complexity index is 438. The first-order chi connectivity index (χ1) is 8.74. The maximum Gasteiger partial charge on any atom is 0.243 e. The van der Waals surface area contributed by atoms with E-state index in [0.29, 0.717) is 12.1 Å². The van der Waals surface area contributed by atoms with Gasteiger partial charge in [0.2, 0.25) is 5.89 Å². The summed E-state index contributed by atoms with van der Waals surface area (Å²) < 4.78 is 5.50. The molecule has 2 aliphatic carbocycles. The summed E-state index contributed by atoms with van der Waals surface area (Å²) in [7, 11) is 0. The molecule has 3 unspecified atom stereocenters. The standard InChI is InChI=1S/C14H21N3O/c1-14(6-7-14)13-16-12(18-17-13)11-8-9-4-2-3-5-10(9)15-11/h9-11,15H,2-8H2,1H3. The largest absolute Gasteiger partial charge is 0.338 e. The Hall–Kier alpha value is -0.900. The zero-order valence-electron chi connectivity index (χ0n) is 11.0. The van der Waals surface area contributed by atoms with Crippen molar-refractivity contribution in [1.29, 1.82) is 0 Å². The lowest BCUT2D eigenvalue weighted by Gasteiger charge is -2.24. The molecule has 18 heavy (non-hydrogen) atoms. The molecule has 0 aromatic carbocycles. The fraction of sp³-hybridized carbons (Fsp3) is 0.857. The number of hydrogen-bond acceptors (Lipinski definition) is 4. The monoisotopic (exact) mass is 247 g/mol.